The second-order valence-corrected chi connectivity index (χ2v) is 9.47. The summed E-state index contributed by atoms with van der Waals surface area (Å²) < 4.78 is 71.2. The van der Waals surface area contributed by atoms with Crippen molar-refractivity contribution < 1.29 is 45.8 Å². The van der Waals surface area contributed by atoms with E-state index in [9.17, 15) is 41.1 Å². The Bertz CT molecular complexity index is 1550. The van der Waals surface area contributed by atoms with Crippen molar-refractivity contribution in [3.05, 3.63) is 101 Å². The number of methoxy groups -OCH3 is 1. The van der Waals surface area contributed by atoms with E-state index in [0.29, 0.717) is 6.07 Å². The third-order valence-electron chi connectivity index (χ3n) is 5.28. The quantitative estimate of drug-likeness (QED) is 0.245. The molecule has 3 rings (SSSR count). The molecule has 9 nitrogen and oxygen atoms in total. The maximum absolute atomic E-state index is 13.6. The second kappa shape index (κ2) is 10.4. The lowest BCUT2D eigenvalue weighted by molar-refractivity contribution is -0.137. The number of benzene rings is 3. The molecule has 0 aliphatic rings. The van der Waals surface area contributed by atoms with Crippen molar-refractivity contribution in [3.8, 4) is 5.75 Å². The molecule has 3 N–H and O–H groups in total. The summed E-state index contributed by atoms with van der Waals surface area (Å²) in [5.41, 5.74) is 1.43. The minimum absolute atomic E-state index is 0.116. The van der Waals surface area contributed by atoms with E-state index in [1.807, 2.05) is 0 Å². The molecule has 0 spiro atoms. The van der Waals surface area contributed by atoms with Crippen LogP contribution in [-0.2, 0) is 21.0 Å². The van der Waals surface area contributed by atoms with Gasteiger partial charge < -0.3 is 15.6 Å². The first-order valence-corrected chi connectivity index (χ1v) is 11.9. The summed E-state index contributed by atoms with van der Waals surface area (Å²) >= 11 is 0. The Kier molecular flexibility index (Phi) is 7.63. The molecule has 0 radical (unpaired) electrons. The third kappa shape index (κ3) is 5.37. The van der Waals surface area contributed by atoms with E-state index in [2.05, 4.69) is 6.58 Å². The van der Waals surface area contributed by atoms with Crippen molar-refractivity contribution >= 4 is 33.4 Å². The minimum Gasteiger partial charge on any atom is -0.497 e. The Balaban J connectivity index is 2.19. The highest BCUT2D eigenvalue weighted by Gasteiger charge is 2.38. The van der Waals surface area contributed by atoms with Crippen LogP contribution < -0.4 is 10.5 Å². The van der Waals surface area contributed by atoms with Crippen molar-refractivity contribution in [1.82, 2.24) is 4.31 Å². The largest absolute Gasteiger partial charge is 0.497 e. The van der Waals surface area contributed by atoms with Gasteiger partial charge in [-0.15, -0.1) is 0 Å². The first-order chi connectivity index (χ1) is 17.7. The number of ether oxygens (including phenoxy) is 1. The van der Waals surface area contributed by atoms with Crippen molar-refractivity contribution in [2.45, 2.75) is 11.1 Å². The molecule has 1 amide bonds. The highest BCUT2D eigenvalue weighted by molar-refractivity contribution is 7.89. The van der Waals surface area contributed by atoms with Crippen LogP contribution in [0, 0.1) is 0 Å². The van der Waals surface area contributed by atoms with Gasteiger partial charge in [0.1, 0.15) is 11.4 Å². The Hall–Kier alpha value is -4.65. The number of carbonyl (C=O) groups excluding carboxylic acids is 2. The van der Waals surface area contributed by atoms with Gasteiger partial charge in [-0.25, -0.2) is 13.2 Å². The van der Waals surface area contributed by atoms with Gasteiger partial charge in [0.25, 0.3) is 15.9 Å². The first-order valence-electron chi connectivity index (χ1n) is 10.5. The fourth-order valence-electron chi connectivity index (χ4n) is 3.41. The summed E-state index contributed by atoms with van der Waals surface area (Å²) in [6.07, 6.45) is -4.78. The minimum atomic E-state index is -4.92. The smallest absolute Gasteiger partial charge is 0.416 e. The predicted molar refractivity (Wildman–Crippen MR) is 129 cm³/mol. The number of halogens is 3. The van der Waals surface area contributed by atoms with E-state index in [1.165, 1.54) is 31.4 Å². The van der Waals surface area contributed by atoms with Crippen LogP contribution in [0.4, 0.5) is 18.9 Å². The van der Waals surface area contributed by atoms with Crippen LogP contribution in [0.25, 0.3) is 0 Å². The Labute approximate surface area is 214 Å². The highest BCUT2D eigenvalue weighted by atomic mass is 32.2. The van der Waals surface area contributed by atoms with Gasteiger partial charge >= 0.3 is 12.1 Å². The van der Waals surface area contributed by atoms with Gasteiger partial charge in [0, 0.05) is 11.3 Å². The molecule has 0 saturated carbocycles. The second-order valence-electron chi connectivity index (χ2n) is 7.68. The SMILES string of the molecule is C=C(C(=O)O)N(C(=O)c1cccc(N)c1C(=O)c1cccc(C(F)(F)F)c1)S(=O)(=O)c1ccc(OC)cc1. The number of carboxylic acid groups (broad SMARTS) is 1. The first kappa shape index (κ1) is 27.9. The number of anilines is 1. The van der Waals surface area contributed by atoms with Crippen LogP contribution in [0.2, 0.25) is 0 Å². The van der Waals surface area contributed by atoms with Crippen LogP contribution in [-0.4, -0.2) is 42.6 Å². The van der Waals surface area contributed by atoms with Crippen LogP contribution in [0.15, 0.2) is 83.9 Å². The zero-order valence-electron chi connectivity index (χ0n) is 19.5. The molecule has 0 aromatic heterocycles. The van der Waals surface area contributed by atoms with E-state index in [4.69, 9.17) is 10.5 Å². The van der Waals surface area contributed by atoms with Gasteiger partial charge in [0.15, 0.2) is 5.78 Å². The average molecular weight is 548 g/mol. The van der Waals surface area contributed by atoms with Crippen LogP contribution in [0.5, 0.6) is 5.75 Å². The number of aliphatic carboxylic acids is 1. The average Bonchev–Trinajstić information content (AvgIpc) is 2.87. The third-order valence-corrected chi connectivity index (χ3v) is 7.02. The summed E-state index contributed by atoms with van der Waals surface area (Å²) in [7, 11) is -3.59. The maximum atomic E-state index is 13.6. The molecular formula is C25H19F3N2O7S. The summed E-state index contributed by atoms with van der Waals surface area (Å²) in [6, 6.07) is 11.3. The van der Waals surface area contributed by atoms with Gasteiger partial charge in [0.2, 0.25) is 0 Å². The molecule has 0 bridgehead atoms. The highest BCUT2D eigenvalue weighted by Crippen LogP contribution is 2.32. The van der Waals surface area contributed by atoms with Crippen LogP contribution in [0.1, 0.15) is 31.8 Å². The number of hydrogen-bond donors (Lipinski definition) is 2. The molecule has 0 atom stereocenters. The molecule has 0 fully saturated rings. The molecule has 0 aliphatic heterocycles. The summed E-state index contributed by atoms with van der Waals surface area (Å²) in [6.45, 7) is 3.18. The summed E-state index contributed by atoms with van der Waals surface area (Å²) in [5.74, 6) is -4.25. The number of carbonyl (C=O) groups is 3. The van der Waals surface area contributed by atoms with Crippen molar-refractivity contribution in [2.24, 2.45) is 0 Å². The standard InChI is InChI=1S/C25H19F3N2O7S/c1-14(24(33)34)30(38(35,36)18-11-9-17(37-2)10-12-18)23(32)19-7-4-8-20(29)21(19)22(31)15-5-3-6-16(13-15)25(26,27)28/h3-13H,1,29H2,2H3,(H,33,34). The Morgan fingerprint density at radius 2 is 1.61 bits per heavy atom. The number of ketones is 1. The Morgan fingerprint density at radius 1 is 1.00 bits per heavy atom. The molecule has 13 heteroatoms. The number of alkyl halides is 3. The number of nitrogens with two attached hydrogens (primary N) is 1. The predicted octanol–water partition coefficient (Wildman–Crippen LogP) is 3.96. The number of nitrogens with zero attached hydrogens (tertiary/aromatic N) is 1. The van der Waals surface area contributed by atoms with E-state index in [-0.39, 0.29) is 15.7 Å². The number of carboxylic acids is 1. The number of hydrogen-bond acceptors (Lipinski definition) is 7. The summed E-state index contributed by atoms with van der Waals surface area (Å²) in [4.78, 5) is 38.1. The normalized spacial score (nSPS) is 11.5. The zero-order valence-corrected chi connectivity index (χ0v) is 20.3. The molecule has 198 valence electrons. The number of sulfonamides is 1. The fourth-order valence-corrected chi connectivity index (χ4v) is 4.78. The molecule has 0 unspecified atom stereocenters. The lowest BCUT2D eigenvalue weighted by atomic mass is 9.95. The fraction of sp³-hybridized carbons (Fsp3) is 0.0800. The van der Waals surface area contributed by atoms with Crippen molar-refractivity contribution in [1.29, 1.82) is 0 Å². The van der Waals surface area contributed by atoms with E-state index in [0.717, 1.165) is 36.4 Å². The van der Waals surface area contributed by atoms with Gasteiger partial charge in [-0.3, -0.25) is 9.59 Å². The number of amides is 1. The molecule has 38 heavy (non-hydrogen) atoms. The molecule has 0 heterocycles. The molecule has 3 aromatic rings. The number of rotatable bonds is 8. The lowest BCUT2D eigenvalue weighted by Crippen LogP contribution is -2.39. The zero-order chi connectivity index (χ0) is 28.4. The lowest BCUT2D eigenvalue weighted by Gasteiger charge is -2.23. The topological polar surface area (TPSA) is 144 Å². The monoisotopic (exact) mass is 548 g/mol. The maximum Gasteiger partial charge on any atom is 0.416 e. The van der Waals surface area contributed by atoms with Crippen LogP contribution >= 0.6 is 0 Å². The van der Waals surface area contributed by atoms with Gasteiger partial charge in [0.05, 0.1) is 28.7 Å². The van der Waals surface area contributed by atoms with E-state index >= 15 is 0 Å². The van der Waals surface area contributed by atoms with Gasteiger partial charge in [-0.1, -0.05) is 24.8 Å². The van der Waals surface area contributed by atoms with Crippen molar-refractivity contribution in [2.75, 3.05) is 12.8 Å². The van der Waals surface area contributed by atoms with Crippen molar-refractivity contribution in [3.63, 3.8) is 0 Å². The molecule has 3 aromatic carbocycles. The molecule has 0 aliphatic carbocycles. The van der Waals surface area contributed by atoms with Gasteiger partial charge in [-0.05, 0) is 48.5 Å². The van der Waals surface area contributed by atoms with E-state index < -0.39 is 66.7 Å². The van der Waals surface area contributed by atoms with E-state index in [1.54, 1.807) is 0 Å². The van der Waals surface area contributed by atoms with Gasteiger partial charge in [-0.2, -0.15) is 17.5 Å². The molecular weight excluding hydrogens is 529 g/mol. The number of nitrogen functional groups attached to an aromatic ring is 1. The Morgan fingerprint density at radius 3 is 2.16 bits per heavy atom. The summed E-state index contributed by atoms with van der Waals surface area (Å²) in [5, 5.41) is 9.48. The van der Waals surface area contributed by atoms with Crippen LogP contribution in [0.3, 0.4) is 0 Å². The molecule has 0 saturated heterocycles.